The van der Waals surface area contributed by atoms with E-state index in [9.17, 15) is 4.79 Å². The number of carbonyl (C=O) groups excluding carboxylic acids is 1. The molecule has 0 bridgehead atoms. The average molecular weight is 249 g/mol. The lowest BCUT2D eigenvalue weighted by Gasteiger charge is -2.20. The monoisotopic (exact) mass is 249 g/mol. The summed E-state index contributed by atoms with van der Waals surface area (Å²) >= 11 is 0. The number of oxime groups is 1. The first-order valence-electron chi connectivity index (χ1n) is 6.29. The molecule has 18 heavy (non-hydrogen) atoms. The summed E-state index contributed by atoms with van der Waals surface area (Å²) in [4.78, 5) is 16.0. The Morgan fingerprint density at radius 1 is 1.33 bits per heavy atom. The van der Waals surface area contributed by atoms with Crippen molar-refractivity contribution in [1.82, 2.24) is 0 Å². The molecule has 0 spiro atoms. The third kappa shape index (κ3) is 4.20. The normalized spacial score (nSPS) is 14.6. The van der Waals surface area contributed by atoms with E-state index < -0.39 is 0 Å². The van der Waals surface area contributed by atoms with Gasteiger partial charge in [0.15, 0.2) is 0 Å². The molecule has 1 aromatic carbocycles. The molecule has 1 aliphatic carbocycles. The van der Waals surface area contributed by atoms with Crippen LogP contribution < -0.4 is 0 Å². The molecule has 1 saturated carbocycles. The maximum atomic E-state index is 11.3. The van der Waals surface area contributed by atoms with E-state index >= 15 is 0 Å². The number of benzene rings is 1. The fraction of sp³-hybridized carbons (Fsp3) is 0.429. The highest BCUT2D eigenvalue weighted by Crippen LogP contribution is 2.27. The van der Waals surface area contributed by atoms with Crippen LogP contribution >= 0.6 is 0 Å². The molecule has 0 atom stereocenters. The Bertz CT molecular complexity index is 394. The van der Waals surface area contributed by atoms with Crippen molar-refractivity contribution in [2.24, 2.45) is 11.1 Å². The summed E-state index contributed by atoms with van der Waals surface area (Å²) in [5.41, 5.74) is 0.777. The zero-order chi connectivity index (χ0) is 13.4. The molecule has 0 heterocycles. The summed E-state index contributed by atoms with van der Waals surface area (Å²) in [7, 11) is 0. The van der Waals surface area contributed by atoms with Gasteiger partial charge in [0.05, 0.1) is 12.1 Å². The van der Waals surface area contributed by atoms with Gasteiger partial charge in [-0.05, 0) is 42.7 Å². The smallest absolute Gasteiger partial charge is 0.338 e. The average Bonchev–Trinajstić information content (AvgIpc) is 2.32. The van der Waals surface area contributed by atoms with Gasteiger partial charge < -0.3 is 9.94 Å². The van der Waals surface area contributed by atoms with Crippen LogP contribution in [0.1, 0.15) is 38.7 Å². The second-order valence-electron chi connectivity index (χ2n) is 3.86. The number of aromatic hydroxyl groups is 1. The van der Waals surface area contributed by atoms with Crippen LogP contribution in [0.3, 0.4) is 0 Å². The Kier molecular flexibility index (Phi) is 5.91. The maximum absolute atomic E-state index is 11.3. The molecular weight excluding hydrogens is 230 g/mol. The van der Waals surface area contributed by atoms with Crippen LogP contribution in [0.5, 0.6) is 5.75 Å². The van der Waals surface area contributed by atoms with Crippen molar-refractivity contribution in [2.45, 2.75) is 33.1 Å². The fourth-order valence-electron chi connectivity index (χ4n) is 1.42. The summed E-state index contributed by atoms with van der Waals surface area (Å²) in [5, 5.41) is 12.7. The summed E-state index contributed by atoms with van der Waals surface area (Å²) in [5.74, 6) is -0.0122. The van der Waals surface area contributed by atoms with Gasteiger partial charge in [0.1, 0.15) is 5.75 Å². The van der Waals surface area contributed by atoms with Gasteiger partial charge in [-0.1, -0.05) is 25.4 Å². The summed E-state index contributed by atoms with van der Waals surface area (Å²) in [6.45, 7) is 4.00. The molecule has 1 aliphatic rings. The second-order valence-corrected chi connectivity index (χ2v) is 3.86. The lowest BCUT2D eigenvalue weighted by Crippen LogP contribution is -2.22. The quantitative estimate of drug-likeness (QED) is 0.508. The van der Waals surface area contributed by atoms with Crippen molar-refractivity contribution >= 4 is 12.2 Å². The van der Waals surface area contributed by atoms with Crippen LogP contribution in [0, 0.1) is 5.92 Å². The van der Waals surface area contributed by atoms with Gasteiger partial charge in [0, 0.05) is 0 Å². The van der Waals surface area contributed by atoms with Gasteiger partial charge in [-0.2, -0.15) is 0 Å². The van der Waals surface area contributed by atoms with E-state index in [0.29, 0.717) is 0 Å². The van der Waals surface area contributed by atoms with Gasteiger partial charge in [-0.3, -0.25) is 0 Å². The number of hydrogen-bond acceptors (Lipinski definition) is 4. The fourth-order valence-corrected chi connectivity index (χ4v) is 1.42. The standard InChI is InChI=1S/C12H13NO3.C2H6/c14-11-6-4-9(5-7-11)8-13-16-12(15)10-2-1-3-10;1-2/h4-8,10,14H,1-3H2;1-2H3/b13-8+;. The number of carbonyl (C=O) groups is 1. The Morgan fingerprint density at radius 2 is 1.94 bits per heavy atom. The van der Waals surface area contributed by atoms with E-state index in [1.54, 1.807) is 24.3 Å². The first-order valence-corrected chi connectivity index (χ1v) is 6.29. The number of nitrogens with zero attached hydrogens (tertiary/aromatic N) is 1. The third-order valence-corrected chi connectivity index (χ3v) is 2.68. The van der Waals surface area contributed by atoms with Gasteiger partial charge in [0.25, 0.3) is 0 Å². The molecule has 0 amide bonds. The van der Waals surface area contributed by atoms with Crippen molar-refractivity contribution in [3.63, 3.8) is 0 Å². The predicted octanol–water partition coefficient (Wildman–Crippen LogP) is 3.10. The number of rotatable bonds is 3. The van der Waals surface area contributed by atoms with Crippen molar-refractivity contribution in [1.29, 1.82) is 0 Å². The zero-order valence-corrected chi connectivity index (χ0v) is 10.8. The Morgan fingerprint density at radius 3 is 2.44 bits per heavy atom. The van der Waals surface area contributed by atoms with Gasteiger partial charge >= 0.3 is 5.97 Å². The number of phenolic OH excluding ortho intramolecular Hbond substituents is 1. The number of phenols is 1. The van der Waals surface area contributed by atoms with E-state index in [-0.39, 0.29) is 17.6 Å². The molecule has 1 N–H and O–H groups in total. The predicted molar refractivity (Wildman–Crippen MR) is 70.5 cm³/mol. The minimum absolute atomic E-state index is 0.0389. The molecule has 0 unspecified atom stereocenters. The molecule has 1 fully saturated rings. The summed E-state index contributed by atoms with van der Waals surface area (Å²) in [6, 6.07) is 6.48. The molecule has 2 rings (SSSR count). The summed E-state index contributed by atoms with van der Waals surface area (Å²) in [6.07, 6.45) is 4.37. The highest BCUT2D eigenvalue weighted by Gasteiger charge is 2.26. The van der Waals surface area contributed by atoms with Crippen LogP contribution in [-0.2, 0) is 9.63 Å². The lowest BCUT2D eigenvalue weighted by molar-refractivity contribution is -0.151. The Balaban J connectivity index is 0.000000771. The largest absolute Gasteiger partial charge is 0.508 e. The highest BCUT2D eigenvalue weighted by molar-refractivity contribution is 5.80. The van der Waals surface area contributed by atoms with Crippen LogP contribution in [0.25, 0.3) is 0 Å². The van der Waals surface area contributed by atoms with Crippen LogP contribution in [-0.4, -0.2) is 17.3 Å². The SMILES string of the molecule is CC.O=C(O/N=C/c1ccc(O)cc1)C1CCC1. The summed E-state index contributed by atoms with van der Waals surface area (Å²) < 4.78 is 0. The van der Waals surface area contributed by atoms with Gasteiger partial charge in [-0.15, -0.1) is 0 Å². The minimum Gasteiger partial charge on any atom is -0.508 e. The Hall–Kier alpha value is -1.84. The minimum atomic E-state index is -0.249. The molecule has 0 saturated heterocycles. The topological polar surface area (TPSA) is 58.9 Å². The molecule has 0 radical (unpaired) electrons. The van der Waals surface area contributed by atoms with Crippen molar-refractivity contribution in [2.75, 3.05) is 0 Å². The van der Waals surface area contributed by atoms with Crippen molar-refractivity contribution in [3.8, 4) is 5.75 Å². The maximum Gasteiger partial charge on any atom is 0.338 e. The van der Waals surface area contributed by atoms with Gasteiger partial charge in [0.2, 0.25) is 0 Å². The molecule has 0 aromatic heterocycles. The van der Waals surface area contributed by atoms with Gasteiger partial charge in [-0.25, -0.2) is 4.79 Å². The number of hydrogen-bond donors (Lipinski definition) is 1. The molecular formula is C14H19NO3. The van der Waals surface area contributed by atoms with E-state index in [1.165, 1.54) is 6.21 Å². The molecule has 0 aliphatic heterocycles. The first kappa shape index (κ1) is 14.2. The van der Waals surface area contributed by atoms with Crippen molar-refractivity contribution < 1.29 is 14.7 Å². The third-order valence-electron chi connectivity index (χ3n) is 2.68. The zero-order valence-electron chi connectivity index (χ0n) is 10.8. The molecule has 1 aromatic rings. The lowest BCUT2D eigenvalue weighted by atomic mass is 9.86. The van der Waals surface area contributed by atoms with E-state index in [1.807, 2.05) is 13.8 Å². The van der Waals surface area contributed by atoms with Crippen LogP contribution in [0.15, 0.2) is 29.4 Å². The van der Waals surface area contributed by atoms with Crippen LogP contribution in [0.2, 0.25) is 0 Å². The van der Waals surface area contributed by atoms with Crippen LogP contribution in [0.4, 0.5) is 0 Å². The molecule has 98 valence electrons. The highest BCUT2D eigenvalue weighted by atomic mass is 16.7. The second kappa shape index (κ2) is 7.48. The van der Waals surface area contributed by atoms with E-state index in [4.69, 9.17) is 9.94 Å². The first-order chi connectivity index (χ1) is 8.75. The Labute approximate surface area is 107 Å². The van der Waals surface area contributed by atoms with Crippen molar-refractivity contribution in [3.05, 3.63) is 29.8 Å². The molecule has 4 nitrogen and oxygen atoms in total. The van der Waals surface area contributed by atoms with E-state index in [0.717, 1.165) is 24.8 Å². The molecule has 4 heteroatoms. The van der Waals surface area contributed by atoms with E-state index in [2.05, 4.69) is 5.16 Å².